The van der Waals surface area contributed by atoms with Crippen LogP contribution in [-0.4, -0.2) is 10.1 Å². The third kappa shape index (κ3) is 3.59. The second-order valence-corrected chi connectivity index (χ2v) is 5.70. The lowest BCUT2D eigenvalue weighted by molar-refractivity contribution is 0.307. The van der Waals surface area contributed by atoms with Crippen LogP contribution in [0.3, 0.4) is 0 Å². The molecule has 0 aliphatic heterocycles. The van der Waals surface area contributed by atoms with Crippen LogP contribution in [0.5, 0.6) is 0 Å². The van der Waals surface area contributed by atoms with E-state index in [1.165, 1.54) is 0 Å². The van der Waals surface area contributed by atoms with E-state index >= 15 is 0 Å². The Hall–Kier alpha value is -0.900. The summed E-state index contributed by atoms with van der Waals surface area (Å²) in [6.45, 7) is 10.7. The molecule has 0 radical (unpaired) electrons. The summed E-state index contributed by atoms with van der Waals surface area (Å²) in [6.07, 6.45) is 1.82. The van der Waals surface area contributed by atoms with E-state index in [9.17, 15) is 0 Å². The molecule has 1 heterocycles. The average molecular weight is 225 g/mol. The lowest BCUT2D eigenvalue weighted by atomic mass is 9.92. The molecular weight excluding hydrogens is 202 g/mol. The van der Waals surface area contributed by atoms with Gasteiger partial charge < -0.3 is 10.3 Å². The predicted octanol–water partition coefficient (Wildman–Crippen LogP) is 2.70. The largest absolute Gasteiger partial charge is 0.338 e. The lowest BCUT2D eigenvalue weighted by Gasteiger charge is -2.15. The Morgan fingerprint density at radius 3 is 2.50 bits per heavy atom. The molecule has 0 saturated carbocycles. The van der Waals surface area contributed by atoms with Crippen molar-refractivity contribution in [1.82, 2.24) is 10.1 Å². The molecule has 2 N–H and O–H groups in total. The van der Waals surface area contributed by atoms with E-state index in [1.807, 2.05) is 0 Å². The summed E-state index contributed by atoms with van der Waals surface area (Å²) in [5.74, 6) is 1.68. The van der Waals surface area contributed by atoms with Crippen LogP contribution < -0.4 is 5.73 Å². The summed E-state index contributed by atoms with van der Waals surface area (Å²) in [5, 5.41) is 3.97. The number of aromatic nitrogens is 2. The maximum Gasteiger partial charge on any atom is 0.243 e. The molecule has 16 heavy (non-hydrogen) atoms. The molecule has 0 amide bonds. The quantitative estimate of drug-likeness (QED) is 0.855. The maximum atomic E-state index is 6.03. The van der Waals surface area contributed by atoms with Crippen molar-refractivity contribution < 1.29 is 4.52 Å². The molecule has 0 saturated heterocycles. The first kappa shape index (κ1) is 13.2. The van der Waals surface area contributed by atoms with Crippen LogP contribution in [0, 0.1) is 11.3 Å². The van der Waals surface area contributed by atoms with Crippen LogP contribution in [0.4, 0.5) is 0 Å². The van der Waals surface area contributed by atoms with Gasteiger partial charge in [-0.25, -0.2) is 0 Å². The van der Waals surface area contributed by atoms with Gasteiger partial charge in [0.1, 0.15) is 0 Å². The van der Waals surface area contributed by atoms with E-state index in [0.717, 1.165) is 18.7 Å². The van der Waals surface area contributed by atoms with Gasteiger partial charge in [0.25, 0.3) is 0 Å². The molecule has 0 fully saturated rings. The van der Waals surface area contributed by atoms with Crippen LogP contribution in [0.25, 0.3) is 0 Å². The molecule has 1 unspecified atom stereocenters. The highest BCUT2D eigenvalue weighted by Crippen LogP contribution is 2.23. The smallest absolute Gasteiger partial charge is 0.243 e. The molecule has 4 heteroatoms. The van der Waals surface area contributed by atoms with E-state index in [-0.39, 0.29) is 11.5 Å². The second kappa shape index (κ2) is 4.95. The summed E-state index contributed by atoms with van der Waals surface area (Å²) in [7, 11) is 0. The van der Waals surface area contributed by atoms with Gasteiger partial charge in [0.15, 0.2) is 5.82 Å². The van der Waals surface area contributed by atoms with Crippen molar-refractivity contribution in [2.75, 3.05) is 0 Å². The number of nitrogens with zero attached hydrogens (tertiary/aromatic N) is 2. The predicted molar refractivity (Wildman–Crippen MR) is 63.8 cm³/mol. The van der Waals surface area contributed by atoms with Gasteiger partial charge in [-0.3, -0.25) is 0 Å². The average Bonchev–Trinajstić information content (AvgIpc) is 2.61. The Morgan fingerprint density at radius 2 is 2.00 bits per heavy atom. The van der Waals surface area contributed by atoms with Gasteiger partial charge in [-0.2, -0.15) is 4.98 Å². The van der Waals surface area contributed by atoms with Crippen LogP contribution in [0.1, 0.15) is 58.8 Å². The minimum atomic E-state index is -0.147. The molecular formula is C12H23N3O. The molecule has 4 nitrogen and oxygen atoms in total. The molecule has 1 rings (SSSR count). The van der Waals surface area contributed by atoms with E-state index in [1.54, 1.807) is 0 Å². The highest BCUT2D eigenvalue weighted by molar-refractivity contribution is 4.95. The molecule has 0 aromatic carbocycles. The van der Waals surface area contributed by atoms with Gasteiger partial charge in [0.2, 0.25) is 5.89 Å². The van der Waals surface area contributed by atoms with E-state index in [0.29, 0.717) is 11.8 Å². The first-order valence-corrected chi connectivity index (χ1v) is 5.91. The van der Waals surface area contributed by atoms with Crippen LogP contribution >= 0.6 is 0 Å². The number of rotatable bonds is 4. The van der Waals surface area contributed by atoms with Crippen molar-refractivity contribution in [3.63, 3.8) is 0 Å². The monoisotopic (exact) mass is 225 g/mol. The lowest BCUT2D eigenvalue weighted by Crippen LogP contribution is -2.19. The third-order valence-corrected chi connectivity index (χ3v) is 2.71. The zero-order chi connectivity index (χ0) is 12.3. The molecule has 1 aromatic rings. The Kier molecular flexibility index (Phi) is 4.08. The third-order valence-electron chi connectivity index (χ3n) is 2.71. The van der Waals surface area contributed by atoms with Crippen molar-refractivity contribution in [3.8, 4) is 0 Å². The van der Waals surface area contributed by atoms with Crippen molar-refractivity contribution in [2.45, 2.75) is 53.5 Å². The highest BCUT2D eigenvalue weighted by Gasteiger charge is 2.22. The van der Waals surface area contributed by atoms with Crippen LogP contribution in [0.2, 0.25) is 0 Å². The zero-order valence-electron chi connectivity index (χ0n) is 10.9. The van der Waals surface area contributed by atoms with Crippen molar-refractivity contribution >= 4 is 0 Å². The maximum absolute atomic E-state index is 6.03. The van der Waals surface area contributed by atoms with Gasteiger partial charge in [-0.05, 0) is 11.3 Å². The topological polar surface area (TPSA) is 64.9 Å². The van der Waals surface area contributed by atoms with Crippen LogP contribution in [0.15, 0.2) is 4.52 Å². The Balaban J connectivity index is 2.71. The first-order valence-electron chi connectivity index (χ1n) is 5.91. The summed E-state index contributed by atoms with van der Waals surface area (Å²) in [6, 6.07) is -0.147. The van der Waals surface area contributed by atoms with E-state index in [2.05, 4.69) is 44.8 Å². The molecule has 0 aliphatic rings. The normalized spacial score (nSPS) is 16.1. The molecule has 0 spiro atoms. The number of hydrogen-bond donors (Lipinski definition) is 1. The number of hydrogen-bond acceptors (Lipinski definition) is 4. The SMILES string of the molecule is CCC(C)[C@H](N)c1nc(CC(C)(C)C)no1. The Morgan fingerprint density at radius 1 is 1.38 bits per heavy atom. The summed E-state index contributed by atoms with van der Waals surface area (Å²) < 4.78 is 5.21. The van der Waals surface area contributed by atoms with E-state index < -0.39 is 0 Å². The fourth-order valence-corrected chi connectivity index (χ4v) is 1.45. The number of nitrogens with two attached hydrogens (primary N) is 1. The molecule has 2 atom stereocenters. The highest BCUT2D eigenvalue weighted by atomic mass is 16.5. The van der Waals surface area contributed by atoms with Crippen molar-refractivity contribution in [1.29, 1.82) is 0 Å². The minimum Gasteiger partial charge on any atom is -0.338 e. The summed E-state index contributed by atoms with van der Waals surface area (Å²) >= 11 is 0. The van der Waals surface area contributed by atoms with Crippen molar-refractivity contribution in [2.24, 2.45) is 17.1 Å². The fourth-order valence-electron chi connectivity index (χ4n) is 1.45. The van der Waals surface area contributed by atoms with Gasteiger partial charge in [-0.15, -0.1) is 0 Å². The second-order valence-electron chi connectivity index (χ2n) is 5.70. The zero-order valence-corrected chi connectivity index (χ0v) is 10.9. The van der Waals surface area contributed by atoms with Gasteiger partial charge in [-0.1, -0.05) is 46.2 Å². The minimum absolute atomic E-state index is 0.147. The van der Waals surface area contributed by atoms with E-state index in [4.69, 9.17) is 10.3 Å². The standard InChI is InChI=1S/C12H23N3O/c1-6-8(2)10(13)11-14-9(15-16-11)7-12(3,4)5/h8,10H,6-7,13H2,1-5H3/t8?,10-/m0/s1. The van der Waals surface area contributed by atoms with Crippen LogP contribution in [-0.2, 0) is 6.42 Å². The molecule has 92 valence electrons. The summed E-state index contributed by atoms with van der Waals surface area (Å²) in [5.41, 5.74) is 6.20. The molecule has 0 aliphatic carbocycles. The van der Waals surface area contributed by atoms with Gasteiger partial charge in [0.05, 0.1) is 6.04 Å². The molecule has 1 aromatic heterocycles. The Bertz CT molecular complexity index is 327. The van der Waals surface area contributed by atoms with Gasteiger partial charge in [0, 0.05) is 6.42 Å². The fraction of sp³-hybridized carbons (Fsp3) is 0.833. The summed E-state index contributed by atoms with van der Waals surface area (Å²) in [4.78, 5) is 4.36. The Labute approximate surface area is 97.6 Å². The molecule has 0 bridgehead atoms. The van der Waals surface area contributed by atoms with Gasteiger partial charge >= 0.3 is 0 Å². The first-order chi connectivity index (χ1) is 7.33. The van der Waals surface area contributed by atoms with Crippen molar-refractivity contribution in [3.05, 3.63) is 11.7 Å².